The first-order valence-corrected chi connectivity index (χ1v) is 5.38. The molecule has 0 spiro atoms. The zero-order chi connectivity index (χ0) is 10.1. The first-order chi connectivity index (χ1) is 5.91. The third-order valence-corrected chi connectivity index (χ3v) is 2.58. The van der Waals surface area contributed by atoms with Crippen molar-refractivity contribution in [3.63, 3.8) is 0 Å². The second-order valence-electron chi connectivity index (χ2n) is 2.28. The van der Waals surface area contributed by atoms with E-state index in [-0.39, 0.29) is 2.83 Å². The van der Waals surface area contributed by atoms with Crippen LogP contribution in [0.2, 0.25) is 0 Å². The summed E-state index contributed by atoms with van der Waals surface area (Å²) in [5, 5.41) is 0. The summed E-state index contributed by atoms with van der Waals surface area (Å²) in [6.07, 6.45) is -3.14. The van der Waals surface area contributed by atoms with Crippen molar-refractivity contribution in [2.75, 3.05) is 0 Å². The molecule has 0 N–H and O–H groups in total. The average Bonchev–Trinajstić information content (AvgIpc) is 2.03. The van der Waals surface area contributed by atoms with Gasteiger partial charge in [0, 0.05) is 6.20 Å². The topological polar surface area (TPSA) is 12.9 Å². The molecule has 72 valence electrons. The number of hydrogen-bond acceptors (Lipinski definition) is 1. The molecule has 1 aromatic rings. The molecule has 0 aliphatic carbocycles. The van der Waals surface area contributed by atoms with Crippen molar-refractivity contribution < 1.29 is 13.2 Å². The average molecular weight is 366 g/mol. The van der Waals surface area contributed by atoms with Crippen LogP contribution in [-0.4, -0.2) is 4.98 Å². The van der Waals surface area contributed by atoms with Gasteiger partial charge in [0.05, 0.1) is 2.83 Å². The van der Waals surface area contributed by atoms with Crippen LogP contribution < -0.4 is 0 Å². The van der Waals surface area contributed by atoms with Gasteiger partial charge in [-0.3, -0.25) is 4.98 Å². The predicted molar refractivity (Wildman–Crippen MR) is 54.9 cm³/mol. The number of aromatic nitrogens is 1. The van der Waals surface area contributed by atoms with E-state index in [1.165, 1.54) is 12.3 Å². The van der Waals surface area contributed by atoms with Gasteiger partial charge < -0.3 is 0 Å². The fourth-order valence-corrected chi connectivity index (χ4v) is 1.34. The van der Waals surface area contributed by atoms with Crippen molar-refractivity contribution in [2.24, 2.45) is 0 Å². The van der Waals surface area contributed by atoms with Gasteiger partial charge in [0.25, 0.3) is 0 Å². The van der Waals surface area contributed by atoms with Crippen molar-refractivity contribution in [3.8, 4) is 0 Å². The molecule has 13 heavy (non-hydrogen) atoms. The van der Waals surface area contributed by atoms with Crippen molar-refractivity contribution in [3.05, 3.63) is 29.6 Å². The maximum absolute atomic E-state index is 12.0. The van der Waals surface area contributed by atoms with Crippen LogP contribution >= 0.6 is 38.5 Å². The number of pyridine rings is 1. The smallest absolute Gasteiger partial charge is 0.251 e. The molecule has 1 atom stereocenters. The molecule has 0 radical (unpaired) electrons. The summed E-state index contributed by atoms with van der Waals surface area (Å²) in [6, 6.07) is 2.38. The van der Waals surface area contributed by atoms with Crippen molar-refractivity contribution in [1.82, 2.24) is 4.98 Å². The van der Waals surface area contributed by atoms with Crippen LogP contribution in [0, 0.1) is 0 Å². The van der Waals surface area contributed by atoms with E-state index in [2.05, 4.69) is 20.9 Å². The van der Waals surface area contributed by atoms with Gasteiger partial charge in [-0.05, 0) is 11.6 Å². The van der Waals surface area contributed by atoms with Gasteiger partial charge in [-0.1, -0.05) is 44.6 Å². The van der Waals surface area contributed by atoms with Gasteiger partial charge in [0.15, 0.2) is 0 Å². The first kappa shape index (κ1) is 11.2. The zero-order valence-corrected chi connectivity index (χ0v) is 9.89. The summed E-state index contributed by atoms with van der Waals surface area (Å²) in [6.45, 7) is 0. The molecule has 1 unspecified atom stereocenters. The fourth-order valence-electron chi connectivity index (χ4n) is 0.702. The second-order valence-corrected chi connectivity index (χ2v) is 6.15. The Labute approximate surface area is 95.0 Å². The third-order valence-electron chi connectivity index (χ3n) is 1.33. The molecule has 0 saturated carbocycles. The molecule has 6 heteroatoms. The van der Waals surface area contributed by atoms with E-state index < -0.39 is 11.9 Å². The van der Waals surface area contributed by atoms with Gasteiger partial charge in [-0.25, -0.2) is 0 Å². The highest BCUT2D eigenvalue weighted by Gasteiger charge is 2.32. The van der Waals surface area contributed by atoms with E-state index in [9.17, 15) is 13.2 Å². The van der Waals surface area contributed by atoms with Crippen LogP contribution in [0.3, 0.4) is 0 Å². The highest BCUT2D eigenvalue weighted by atomic mass is 127. The molecule has 0 aromatic carbocycles. The van der Waals surface area contributed by atoms with Crippen LogP contribution in [0.15, 0.2) is 18.3 Å². The molecule has 1 aromatic heterocycles. The van der Waals surface area contributed by atoms with Gasteiger partial charge in [-0.2, -0.15) is 13.2 Å². The third kappa shape index (κ3) is 3.08. The second kappa shape index (κ2) is 4.12. The van der Waals surface area contributed by atoms with Gasteiger partial charge in [-0.15, -0.1) is 0 Å². The molecule has 0 aliphatic rings. The van der Waals surface area contributed by atoms with Crippen LogP contribution in [0.5, 0.6) is 0 Å². The van der Waals surface area contributed by atoms with Crippen LogP contribution in [0.4, 0.5) is 13.2 Å². The zero-order valence-electron chi connectivity index (χ0n) is 6.15. The van der Waals surface area contributed by atoms with Crippen LogP contribution in [0.1, 0.15) is 14.1 Å². The van der Waals surface area contributed by atoms with E-state index in [0.29, 0.717) is 5.56 Å². The quantitative estimate of drug-likeness (QED) is 0.543. The molecule has 0 bridgehead atoms. The maximum Gasteiger partial charge on any atom is 0.433 e. The minimum atomic E-state index is -4.36. The van der Waals surface area contributed by atoms with E-state index in [1.807, 2.05) is 22.6 Å². The van der Waals surface area contributed by atoms with Gasteiger partial charge in [0.2, 0.25) is 0 Å². The fraction of sp³-hybridized carbons (Fsp3) is 0.286. The van der Waals surface area contributed by atoms with Crippen molar-refractivity contribution in [2.45, 2.75) is 9.01 Å². The lowest BCUT2D eigenvalue weighted by Crippen LogP contribution is -2.07. The Morgan fingerprint density at radius 1 is 1.38 bits per heavy atom. The Balaban J connectivity index is 2.94. The summed E-state index contributed by atoms with van der Waals surface area (Å²) in [4.78, 5) is 3.31. The summed E-state index contributed by atoms with van der Waals surface area (Å²) in [5.41, 5.74) is -0.144. The lowest BCUT2D eigenvalue weighted by molar-refractivity contribution is -0.141. The van der Waals surface area contributed by atoms with Crippen LogP contribution in [0.25, 0.3) is 0 Å². The minimum Gasteiger partial charge on any atom is -0.251 e. The molecule has 0 saturated heterocycles. The molecule has 1 heterocycles. The largest absolute Gasteiger partial charge is 0.433 e. The molecule has 0 amide bonds. The Kier molecular flexibility index (Phi) is 3.56. The normalized spacial score (nSPS) is 14.2. The van der Waals surface area contributed by atoms with Gasteiger partial charge in [0.1, 0.15) is 5.69 Å². The van der Waals surface area contributed by atoms with Crippen molar-refractivity contribution in [1.29, 1.82) is 0 Å². The molecule has 1 nitrogen and oxygen atoms in total. The van der Waals surface area contributed by atoms with Gasteiger partial charge >= 0.3 is 6.18 Å². The molecule has 1 rings (SSSR count). The molecule has 0 aliphatic heterocycles. The highest BCUT2D eigenvalue weighted by Crippen LogP contribution is 2.32. The highest BCUT2D eigenvalue weighted by molar-refractivity contribution is 14.1. The Hall–Kier alpha value is 0.150. The van der Waals surface area contributed by atoms with Crippen LogP contribution in [-0.2, 0) is 6.18 Å². The number of halogens is 5. The number of hydrogen-bond donors (Lipinski definition) is 0. The molecular weight excluding hydrogens is 362 g/mol. The summed E-state index contributed by atoms with van der Waals surface area (Å²) in [7, 11) is 0. The maximum atomic E-state index is 12.0. The summed E-state index contributed by atoms with van der Waals surface area (Å²) in [5.74, 6) is 0. The van der Waals surface area contributed by atoms with E-state index >= 15 is 0 Å². The molecule has 0 fully saturated rings. The monoisotopic (exact) mass is 365 g/mol. The summed E-state index contributed by atoms with van der Waals surface area (Å²) >= 11 is 5.26. The molecular formula is C7H4BrF3IN. The van der Waals surface area contributed by atoms with E-state index in [1.54, 1.807) is 0 Å². The van der Waals surface area contributed by atoms with E-state index in [4.69, 9.17) is 0 Å². The number of alkyl halides is 5. The Morgan fingerprint density at radius 3 is 2.31 bits per heavy atom. The standard InChI is InChI=1S/C7H4BrF3IN/c8-6(12)4-1-2-5(13-3-4)7(9,10)11/h1-3,6H. The summed E-state index contributed by atoms with van der Waals surface area (Å²) < 4.78 is 36.1. The number of rotatable bonds is 1. The minimum absolute atomic E-state index is 0.0140. The predicted octanol–water partition coefficient (Wildman–Crippen LogP) is 3.93. The van der Waals surface area contributed by atoms with E-state index in [0.717, 1.165) is 6.07 Å². The Morgan fingerprint density at radius 2 is 2.00 bits per heavy atom. The SMILES string of the molecule is FC(F)(F)c1ccc(C(Br)I)cn1. The van der Waals surface area contributed by atoms with Crippen molar-refractivity contribution >= 4 is 38.5 Å². The first-order valence-electron chi connectivity index (χ1n) is 3.22. The lowest BCUT2D eigenvalue weighted by Gasteiger charge is -2.06. The number of nitrogens with zero attached hydrogens (tertiary/aromatic N) is 1. The Bertz CT molecular complexity index is 283. The lowest BCUT2D eigenvalue weighted by atomic mass is 10.3.